The Morgan fingerprint density at radius 3 is 2.67 bits per heavy atom. The highest BCUT2D eigenvalue weighted by Gasteiger charge is 2.25. The number of amides is 2. The van der Waals surface area contributed by atoms with Gasteiger partial charge in [-0.2, -0.15) is 0 Å². The molecule has 3 rings (SSSR count). The number of aryl methyl sites for hydroxylation is 2. The van der Waals surface area contributed by atoms with Crippen LogP contribution in [0.3, 0.4) is 0 Å². The van der Waals surface area contributed by atoms with Crippen LogP contribution in [0.2, 0.25) is 0 Å². The summed E-state index contributed by atoms with van der Waals surface area (Å²) in [6.45, 7) is 10.0. The summed E-state index contributed by atoms with van der Waals surface area (Å²) in [6.07, 6.45) is 1.10. The lowest BCUT2D eigenvalue weighted by Gasteiger charge is -2.20. The van der Waals surface area contributed by atoms with E-state index in [-0.39, 0.29) is 12.1 Å². The Morgan fingerprint density at radius 2 is 2.04 bits per heavy atom. The van der Waals surface area contributed by atoms with Gasteiger partial charge in [-0.15, -0.1) is 11.3 Å². The van der Waals surface area contributed by atoms with Crippen LogP contribution in [0.15, 0.2) is 24.3 Å². The third-order valence-corrected chi connectivity index (χ3v) is 5.96. The molecule has 0 saturated carbocycles. The van der Waals surface area contributed by atoms with Crippen molar-refractivity contribution in [2.24, 2.45) is 5.92 Å². The van der Waals surface area contributed by atoms with Crippen LogP contribution in [-0.4, -0.2) is 29.0 Å². The van der Waals surface area contributed by atoms with Crippen LogP contribution in [0.5, 0.6) is 0 Å². The van der Waals surface area contributed by atoms with Gasteiger partial charge in [-0.1, -0.05) is 36.8 Å². The smallest absolute Gasteiger partial charge is 0.317 e. The summed E-state index contributed by atoms with van der Waals surface area (Å²) in [7, 11) is 0. The molecule has 1 fully saturated rings. The van der Waals surface area contributed by atoms with Crippen LogP contribution >= 0.6 is 11.3 Å². The zero-order chi connectivity index (χ0) is 17.3. The molecule has 0 radical (unpaired) electrons. The van der Waals surface area contributed by atoms with Crippen LogP contribution in [0.4, 0.5) is 4.79 Å². The molecule has 24 heavy (non-hydrogen) atoms. The second-order valence-corrected chi connectivity index (χ2v) is 7.88. The molecule has 0 spiro atoms. The third kappa shape index (κ3) is 3.61. The van der Waals surface area contributed by atoms with Crippen LogP contribution in [0.25, 0.3) is 10.6 Å². The number of benzene rings is 1. The molecule has 1 aliphatic heterocycles. The summed E-state index contributed by atoms with van der Waals surface area (Å²) in [5.74, 6) is 0.601. The molecule has 1 saturated heterocycles. The van der Waals surface area contributed by atoms with Crippen molar-refractivity contribution >= 4 is 17.4 Å². The molecule has 1 N–H and O–H groups in total. The predicted molar refractivity (Wildman–Crippen MR) is 99.3 cm³/mol. The fourth-order valence-corrected chi connectivity index (χ4v) is 4.16. The number of nitrogens with one attached hydrogen (secondary N) is 1. The van der Waals surface area contributed by atoms with Crippen molar-refractivity contribution in [3.8, 4) is 10.6 Å². The molecule has 2 heterocycles. The summed E-state index contributed by atoms with van der Waals surface area (Å²) in [6, 6.07) is 8.43. The van der Waals surface area contributed by atoms with Crippen molar-refractivity contribution in [3.63, 3.8) is 0 Å². The van der Waals surface area contributed by atoms with E-state index in [1.54, 1.807) is 11.3 Å². The van der Waals surface area contributed by atoms with E-state index >= 15 is 0 Å². The maximum Gasteiger partial charge on any atom is 0.317 e. The Labute approximate surface area is 147 Å². The number of carbonyl (C=O) groups is 1. The van der Waals surface area contributed by atoms with Gasteiger partial charge in [0.2, 0.25) is 0 Å². The van der Waals surface area contributed by atoms with E-state index in [9.17, 15) is 4.79 Å². The van der Waals surface area contributed by atoms with E-state index < -0.39 is 0 Å². The van der Waals surface area contributed by atoms with E-state index in [0.29, 0.717) is 5.92 Å². The zero-order valence-corrected chi connectivity index (χ0v) is 15.6. The Bertz CT molecular complexity index is 723. The number of thiazole rings is 1. The second-order valence-electron chi connectivity index (χ2n) is 6.85. The summed E-state index contributed by atoms with van der Waals surface area (Å²) >= 11 is 1.67. The minimum Gasteiger partial charge on any atom is -0.331 e. The number of likely N-dealkylation sites (tertiary alicyclic amines) is 1. The van der Waals surface area contributed by atoms with Crippen LogP contribution in [0.1, 0.15) is 42.4 Å². The second kappa shape index (κ2) is 6.93. The van der Waals surface area contributed by atoms with Gasteiger partial charge in [0.05, 0.1) is 16.6 Å². The van der Waals surface area contributed by atoms with E-state index in [4.69, 9.17) is 4.98 Å². The lowest BCUT2D eigenvalue weighted by atomic mass is 10.2. The summed E-state index contributed by atoms with van der Waals surface area (Å²) in [4.78, 5) is 20.1. The van der Waals surface area contributed by atoms with Crippen molar-refractivity contribution in [2.45, 2.75) is 40.2 Å². The number of hydrogen-bond acceptors (Lipinski definition) is 3. The first kappa shape index (κ1) is 17.0. The zero-order valence-electron chi connectivity index (χ0n) is 14.8. The molecule has 4 nitrogen and oxygen atoms in total. The third-order valence-electron chi connectivity index (χ3n) is 4.58. The first-order valence-electron chi connectivity index (χ1n) is 8.54. The fourth-order valence-electron chi connectivity index (χ4n) is 3.09. The van der Waals surface area contributed by atoms with Gasteiger partial charge in [0.1, 0.15) is 5.01 Å². The minimum absolute atomic E-state index is 0.0231. The van der Waals surface area contributed by atoms with Gasteiger partial charge < -0.3 is 10.2 Å². The molecule has 128 valence electrons. The maximum atomic E-state index is 12.4. The molecule has 0 aliphatic carbocycles. The number of hydrogen-bond donors (Lipinski definition) is 1. The highest BCUT2D eigenvalue weighted by Crippen LogP contribution is 2.32. The minimum atomic E-state index is -0.0231. The van der Waals surface area contributed by atoms with Gasteiger partial charge in [0, 0.05) is 18.7 Å². The van der Waals surface area contributed by atoms with Crippen molar-refractivity contribution < 1.29 is 4.79 Å². The first-order chi connectivity index (χ1) is 11.4. The number of aromatic nitrogens is 1. The number of urea groups is 1. The average Bonchev–Trinajstić information content (AvgIpc) is 3.14. The van der Waals surface area contributed by atoms with Crippen molar-refractivity contribution in [2.75, 3.05) is 13.1 Å². The van der Waals surface area contributed by atoms with Crippen molar-refractivity contribution in [3.05, 3.63) is 40.4 Å². The molecule has 2 amide bonds. The Kier molecular flexibility index (Phi) is 4.90. The van der Waals surface area contributed by atoms with Gasteiger partial charge in [0.15, 0.2) is 0 Å². The molecule has 1 aliphatic rings. The first-order valence-corrected chi connectivity index (χ1v) is 9.35. The van der Waals surface area contributed by atoms with E-state index in [1.807, 2.05) is 18.7 Å². The molecule has 2 aromatic rings. The van der Waals surface area contributed by atoms with Crippen molar-refractivity contribution in [1.82, 2.24) is 15.2 Å². The quantitative estimate of drug-likeness (QED) is 0.889. The molecule has 1 aromatic heterocycles. The van der Waals surface area contributed by atoms with Crippen LogP contribution in [-0.2, 0) is 0 Å². The summed E-state index contributed by atoms with van der Waals surface area (Å²) in [5.41, 5.74) is 3.37. The number of carbonyl (C=O) groups excluding carboxylic acids is 1. The van der Waals surface area contributed by atoms with Crippen molar-refractivity contribution in [1.29, 1.82) is 0 Å². The predicted octanol–water partition coefficient (Wildman–Crippen LogP) is 4.54. The Morgan fingerprint density at radius 1 is 1.33 bits per heavy atom. The molecular formula is C19H25N3OS. The lowest BCUT2D eigenvalue weighted by molar-refractivity contribution is 0.204. The topological polar surface area (TPSA) is 45.2 Å². The average molecular weight is 343 g/mol. The van der Waals surface area contributed by atoms with Crippen LogP contribution < -0.4 is 5.32 Å². The Balaban J connectivity index is 1.72. The van der Waals surface area contributed by atoms with E-state index in [1.165, 1.54) is 5.56 Å². The van der Waals surface area contributed by atoms with E-state index in [0.717, 1.165) is 40.7 Å². The Hall–Kier alpha value is -1.88. The van der Waals surface area contributed by atoms with Gasteiger partial charge in [0.25, 0.3) is 0 Å². The monoisotopic (exact) mass is 343 g/mol. The van der Waals surface area contributed by atoms with Gasteiger partial charge in [-0.3, -0.25) is 0 Å². The molecule has 5 heteroatoms. The summed E-state index contributed by atoms with van der Waals surface area (Å²) < 4.78 is 0. The standard InChI is InChI=1S/C19H25N3OS/c1-12-5-7-16(8-6-12)18-20-14(3)17(24-18)15(4)21-19(23)22-10-9-13(2)11-22/h5-8,13,15H,9-11H2,1-4H3,(H,21,23). The van der Waals surface area contributed by atoms with Gasteiger partial charge >= 0.3 is 6.03 Å². The van der Waals surface area contributed by atoms with Crippen LogP contribution in [0, 0.1) is 19.8 Å². The largest absolute Gasteiger partial charge is 0.331 e. The highest BCUT2D eigenvalue weighted by atomic mass is 32.1. The lowest BCUT2D eigenvalue weighted by Crippen LogP contribution is -2.39. The highest BCUT2D eigenvalue weighted by molar-refractivity contribution is 7.15. The fraction of sp³-hybridized carbons (Fsp3) is 0.474. The maximum absolute atomic E-state index is 12.4. The van der Waals surface area contributed by atoms with E-state index in [2.05, 4.69) is 43.4 Å². The molecule has 0 bridgehead atoms. The van der Waals surface area contributed by atoms with Gasteiger partial charge in [-0.25, -0.2) is 9.78 Å². The molecular weight excluding hydrogens is 318 g/mol. The normalized spacial score (nSPS) is 18.7. The number of rotatable bonds is 3. The molecule has 2 atom stereocenters. The number of nitrogens with zero attached hydrogens (tertiary/aromatic N) is 2. The molecule has 1 aromatic carbocycles. The van der Waals surface area contributed by atoms with Gasteiger partial charge in [-0.05, 0) is 33.1 Å². The SMILES string of the molecule is Cc1ccc(-c2nc(C)c(C(C)NC(=O)N3CCC(C)C3)s2)cc1. The summed E-state index contributed by atoms with van der Waals surface area (Å²) in [5, 5.41) is 4.14. The molecule has 2 unspecified atom stereocenters.